The lowest BCUT2D eigenvalue weighted by molar-refractivity contribution is -0.0501. The van der Waals surface area contributed by atoms with Gasteiger partial charge in [0, 0.05) is 18.8 Å². The number of rotatable bonds is 6. The number of carbonyl (C=O) groups excluding carboxylic acids is 1. The van der Waals surface area contributed by atoms with Crippen LogP contribution in [0.1, 0.15) is 29.6 Å². The summed E-state index contributed by atoms with van der Waals surface area (Å²) >= 11 is 0. The van der Waals surface area contributed by atoms with E-state index in [1.165, 1.54) is 52.8 Å². The van der Waals surface area contributed by atoms with Crippen molar-refractivity contribution in [3.05, 3.63) is 54.1 Å². The minimum atomic E-state index is -3.65. The number of alkyl halides is 2. The maximum absolute atomic E-state index is 12.8. The summed E-state index contributed by atoms with van der Waals surface area (Å²) in [6, 6.07) is 11.5. The molecular formula is C19H20F2N2O4S. The Balaban J connectivity index is 1.81. The van der Waals surface area contributed by atoms with E-state index >= 15 is 0 Å². The Morgan fingerprint density at radius 1 is 1.04 bits per heavy atom. The molecule has 1 aliphatic rings. The Labute approximate surface area is 162 Å². The van der Waals surface area contributed by atoms with Gasteiger partial charge in [0.25, 0.3) is 5.91 Å². The summed E-state index contributed by atoms with van der Waals surface area (Å²) in [6.45, 7) is -2.12. The number of sulfonamides is 1. The molecule has 3 rings (SSSR count). The Bertz CT molecular complexity index is 944. The van der Waals surface area contributed by atoms with Crippen LogP contribution in [0.4, 0.5) is 14.5 Å². The lowest BCUT2D eigenvalue weighted by Crippen LogP contribution is -2.35. The number of piperidine rings is 1. The third kappa shape index (κ3) is 4.66. The second-order valence-corrected chi connectivity index (χ2v) is 8.26. The van der Waals surface area contributed by atoms with Crippen LogP contribution in [0.25, 0.3) is 0 Å². The Kier molecular flexibility index (Phi) is 6.25. The zero-order valence-corrected chi connectivity index (χ0v) is 15.8. The van der Waals surface area contributed by atoms with Crippen molar-refractivity contribution in [2.45, 2.75) is 30.8 Å². The zero-order valence-electron chi connectivity index (χ0n) is 15.0. The van der Waals surface area contributed by atoms with Crippen LogP contribution in [0.3, 0.4) is 0 Å². The Morgan fingerprint density at radius 3 is 2.46 bits per heavy atom. The lowest BCUT2D eigenvalue weighted by atomic mass is 10.2. The molecule has 6 nitrogen and oxygen atoms in total. The number of halogens is 2. The molecule has 1 aliphatic heterocycles. The molecule has 9 heteroatoms. The minimum absolute atomic E-state index is 0.0734. The third-order valence-corrected chi connectivity index (χ3v) is 6.29. The molecule has 0 atom stereocenters. The van der Waals surface area contributed by atoms with Gasteiger partial charge in [-0.2, -0.15) is 13.1 Å². The zero-order chi connectivity index (χ0) is 20.1. The number of nitrogens with zero attached hydrogens (tertiary/aromatic N) is 1. The lowest BCUT2D eigenvalue weighted by Gasteiger charge is -2.26. The van der Waals surface area contributed by atoms with E-state index in [1.54, 1.807) is 0 Å². The van der Waals surface area contributed by atoms with E-state index in [0.717, 1.165) is 19.3 Å². The highest BCUT2D eigenvalue weighted by atomic mass is 32.2. The summed E-state index contributed by atoms with van der Waals surface area (Å²) in [6.07, 6.45) is 2.63. The van der Waals surface area contributed by atoms with Crippen molar-refractivity contribution in [2.75, 3.05) is 18.4 Å². The summed E-state index contributed by atoms with van der Waals surface area (Å²) < 4.78 is 56.4. The fourth-order valence-corrected chi connectivity index (χ4v) is 4.60. The number of anilines is 1. The van der Waals surface area contributed by atoms with Crippen molar-refractivity contribution in [3.63, 3.8) is 0 Å². The Morgan fingerprint density at radius 2 is 1.75 bits per heavy atom. The highest BCUT2D eigenvalue weighted by molar-refractivity contribution is 7.89. The molecule has 0 unspecified atom stereocenters. The summed E-state index contributed by atoms with van der Waals surface area (Å²) in [5.41, 5.74) is 0.169. The van der Waals surface area contributed by atoms with Crippen LogP contribution in [0, 0.1) is 0 Å². The normalized spacial score (nSPS) is 15.4. The molecule has 0 aliphatic carbocycles. The third-order valence-electron chi connectivity index (χ3n) is 4.39. The van der Waals surface area contributed by atoms with Crippen molar-refractivity contribution < 1.29 is 26.7 Å². The number of carbonyl (C=O) groups is 1. The highest BCUT2D eigenvalue weighted by Crippen LogP contribution is 2.25. The molecule has 0 aromatic heterocycles. The van der Waals surface area contributed by atoms with Gasteiger partial charge in [-0.05, 0) is 43.2 Å². The van der Waals surface area contributed by atoms with Gasteiger partial charge in [-0.15, -0.1) is 0 Å². The van der Waals surface area contributed by atoms with E-state index in [0.29, 0.717) is 13.1 Å². The molecule has 2 aromatic rings. The first-order valence-electron chi connectivity index (χ1n) is 8.83. The number of ether oxygens (including phenoxy) is 1. The monoisotopic (exact) mass is 410 g/mol. The van der Waals surface area contributed by atoms with E-state index in [-0.39, 0.29) is 21.9 Å². The maximum Gasteiger partial charge on any atom is 0.387 e. The van der Waals surface area contributed by atoms with Crippen LogP contribution in [0.2, 0.25) is 0 Å². The number of para-hydroxylation sites is 1. The molecule has 1 fully saturated rings. The van der Waals surface area contributed by atoms with Crippen LogP contribution in [0.5, 0.6) is 5.75 Å². The molecule has 1 heterocycles. The van der Waals surface area contributed by atoms with E-state index in [2.05, 4.69) is 10.1 Å². The minimum Gasteiger partial charge on any atom is -0.434 e. The maximum atomic E-state index is 12.8. The average Bonchev–Trinajstić information content (AvgIpc) is 2.69. The van der Waals surface area contributed by atoms with E-state index < -0.39 is 22.5 Å². The SMILES string of the molecule is O=C(Nc1cccc(S(=O)(=O)N2CCCCC2)c1)c1ccccc1OC(F)F. The first-order valence-corrected chi connectivity index (χ1v) is 10.3. The fourth-order valence-electron chi connectivity index (χ4n) is 3.04. The van der Waals surface area contributed by atoms with Gasteiger partial charge in [0.15, 0.2) is 0 Å². The number of hydrogen-bond donors (Lipinski definition) is 1. The second kappa shape index (κ2) is 8.66. The van der Waals surface area contributed by atoms with E-state index in [9.17, 15) is 22.0 Å². The van der Waals surface area contributed by atoms with Crippen molar-refractivity contribution in [1.29, 1.82) is 0 Å². The van der Waals surface area contributed by atoms with Crippen molar-refractivity contribution in [1.82, 2.24) is 4.31 Å². The van der Waals surface area contributed by atoms with Gasteiger partial charge >= 0.3 is 6.61 Å². The van der Waals surface area contributed by atoms with Gasteiger partial charge in [-0.25, -0.2) is 8.42 Å². The summed E-state index contributed by atoms with van der Waals surface area (Å²) in [5.74, 6) is -0.934. The largest absolute Gasteiger partial charge is 0.434 e. The standard InChI is InChI=1S/C19H20F2N2O4S/c20-19(21)27-17-10-3-2-9-16(17)18(24)22-14-7-6-8-15(13-14)28(25,26)23-11-4-1-5-12-23/h2-3,6-10,13,19H,1,4-5,11-12H2,(H,22,24). The summed E-state index contributed by atoms with van der Waals surface area (Å²) in [5, 5.41) is 2.54. The van der Waals surface area contributed by atoms with Gasteiger partial charge in [0.1, 0.15) is 5.75 Å². The molecule has 1 saturated heterocycles. The Hall–Kier alpha value is -2.52. The molecule has 0 radical (unpaired) electrons. The van der Waals surface area contributed by atoms with Crippen LogP contribution in [-0.4, -0.2) is 38.3 Å². The number of benzene rings is 2. The van der Waals surface area contributed by atoms with Crippen molar-refractivity contribution >= 4 is 21.6 Å². The average molecular weight is 410 g/mol. The van der Waals surface area contributed by atoms with E-state index in [4.69, 9.17) is 0 Å². The van der Waals surface area contributed by atoms with Gasteiger partial charge in [-0.1, -0.05) is 24.6 Å². The molecule has 2 aromatic carbocycles. The first-order chi connectivity index (χ1) is 13.4. The smallest absolute Gasteiger partial charge is 0.387 e. The predicted molar refractivity (Wildman–Crippen MR) is 100 cm³/mol. The molecule has 150 valence electrons. The highest BCUT2D eigenvalue weighted by Gasteiger charge is 2.26. The van der Waals surface area contributed by atoms with E-state index in [1.807, 2.05) is 0 Å². The summed E-state index contributed by atoms with van der Waals surface area (Å²) in [7, 11) is -3.65. The molecular weight excluding hydrogens is 390 g/mol. The van der Waals surface area contributed by atoms with Crippen molar-refractivity contribution in [3.8, 4) is 5.75 Å². The van der Waals surface area contributed by atoms with Crippen LogP contribution < -0.4 is 10.1 Å². The van der Waals surface area contributed by atoms with Crippen LogP contribution >= 0.6 is 0 Å². The molecule has 0 bridgehead atoms. The molecule has 0 spiro atoms. The van der Waals surface area contributed by atoms with Gasteiger partial charge in [-0.3, -0.25) is 4.79 Å². The number of nitrogens with one attached hydrogen (secondary N) is 1. The van der Waals surface area contributed by atoms with Gasteiger partial charge in [0.05, 0.1) is 10.5 Å². The second-order valence-electron chi connectivity index (χ2n) is 6.32. The van der Waals surface area contributed by atoms with Crippen LogP contribution in [-0.2, 0) is 10.0 Å². The first kappa shape index (κ1) is 20.2. The number of hydrogen-bond acceptors (Lipinski definition) is 4. The van der Waals surface area contributed by atoms with Crippen LogP contribution in [0.15, 0.2) is 53.4 Å². The topological polar surface area (TPSA) is 75.7 Å². The molecule has 0 saturated carbocycles. The molecule has 1 N–H and O–H groups in total. The molecule has 28 heavy (non-hydrogen) atoms. The van der Waals surface area contributed by atoms with Gasteiger partial charge < -0.3 is 10.1 Å². The molecule has 1 amide bonds. The fraction of sp³-hybridized carbons (Fsp3) is 0.316. The summed E-state index contributed by atoms with van der Waals surface area (Å²) in [4.78, 5) is 12.6. The quantitative estimate of drug-likeness (QED) is 0.788. The predicted octanol–water partition coefficient (Wildman–Crippen LogP) is 3.71. The van der Waals surface area contributed by atoms with Gasteiger partial charge in [0.2, 0.25) is 10.0 Å². The van der Waals surface area contributed by atoms with Crippen molar-refractivity contribution in [2.24, 2.45) is 0 Å². The number of amides is 1.